The summed E-state index contributed by atoms with van der Waals surface area (Å²) in [6, 6.07) is 3.10. The van der Waals surface area contributed by atoms with Crippen molar-refractivity contribution in [2.45, 2.75) is 0 Å². The second kappa shape index (κ2) is 2.87. The molecule has 49 valence electrons. The van der Waals surface area contributed by atoms with Gasteiger partial charge in [0, 0.05) is 18.0 Å². The molecular formula is C7H4NO2. The molecule has 0 fully saturated rings. The van der Waals surface area contributed by atoms with Crippen molar-refractivity contribution >= 4 is 12.1 Å². The van der Waals surface area contributed by atoms with Crippen LogP contribution in [0.4, 0.5) is 0 Å². The summed E-state index contributed by atoms with van der Waals surface area (Å²) in [5.74, 6) is -0.659. The second-order valence-electron chi connectivity index (χ2n) is 1.67. The summed E-state index contributed by atoms with van der Waals surface area (Å²) in [6.45, 7) is 0. The van der Waals surface area contributed by atoms with Gasteiger partial charge in [-0.1, -0.05) is 0 Å². The van der Waals surface area contributed by atoms with E-state index < -0.39 is 5.78 Å². The Kier molecular flexibility index (Phi) is 1.89. The monoisotopic (exact) mass is 134 g/mol. The maximum Gasteiger partial charge on any atom is 0.277 e. The van der Waals surface area contributed by atoms with Crippen LogP contribution in [0.25, 0.3) is 0 Å². The van der Waals surface area contributed by atoms with Gasteiger partial charge in [-0.3, -0.25) is 14.6 Å². The molecular weight excluding hydrogens is 130 g/mol. The van der Waals surface area contributed by atoms with Crippen LogP contribution in [0.15, 0.2) is 24.5 Å². The number of hydrogen-bond donors (Lipinski definition) is 0. The van der Waals surface area contributed by atoms with Crippen LogP contribution in [0.5, 0.6) is 0 Å². The zero-order valence-electron chi connectivity index (χ0n) is 5.07. The van der Waals surface area contributed by atoms with E-state index in [0.717, 1.165) is 0 Å². The SMILES string of the molecule is O=[C]C(=O)c1cccnc1. The molecule has 0 aromatic carbocycles. The van der Waals surface area contributed by atoms with E-state index in [9.17, 15) is 9.59 Å². The van der Waals surface area contributed by atoms with E-state index in [0.29, 0.717) is 0 Å². The number of pyridine rings is 1. The molecule has 0 aliphatic rings. The third kappa shape index (κ3) is 1.25. The Morgan fingerprint density at radius 2 is 2.40 bits per heavy atom. The van der Waals surface area contributed by atoms with E-state index in [1.54, 1.807) is 6.07 Å². The first kappa shape index (κ1) is 6.61. The fourth-order valence-corrected chi connectivity index (χ4v) is 0.556. The molecule has 10 heavy (non-hydrogen) atoms. The van der Waals surface area contributed by atoms with Crippen molar-refractivity contribution in [1.29, 1.82) is 0 Å². The highest BCUT2D eigenvalue weighted by Gasteiger charge is 2.02. The van der Waals surface area contributed by atoms with Crippen LogP contribution in [0.2, 0.25) is 0 Å². The van der Waals surface area contributed by atoms with Crippen molar-refractivity contribution in [3.63, 3.8) is 0 Å². The Morgan fingerprint density at radius 3 is 2.90 bits per heavy atom. The molecule has 0 N–H and O–H groups in total. The van der Waals surface area contributed by atoms with Crippen LogP contribution in [0.3, 0.4) is 0 Å². The first-order valence-corrected chi connectivity index (χ1v) is 2.67. The molecule has 3 heteroatoms. The Bertz CT molecular complexity index is 243. The number of Topliss-reactive ketones (excluding diaryl/α,β-unsaturated/α-hetero) is 1. The fraction of sp³-hybridized carbons (Fsp3) is 0. The van der Waals surface area contributed by atoms with Gasteiger partial charge in [-0.15, -0.1) is 0 Å². The predicted octanol–water partition coefficient (Wildman–Crippen LogP) is 0.374. The maximum absolute atomic E-state index is 10.5. The normalized spacial score (nSPS) is 8.80. The number of hydrogen-bond acceptors (Lipinski definition) is 3. The number of carbonyl (C=O) groups is 1. The Morgan fingerprint density at radius 1 is 1.60 bits per heavy atom. The largest absolute Gasteiger partial charge is 0.285 e. The predicted molar refractivity (Wildman–Crippen MR) is 34.3 cm³/mol. The zero-order chi connectivity index (χ0) is 7.40. The van der Waals surface area contributed by atoms with Crippen LogP contribution in [0, 0.1) is 0 Å². The highest BCUT2D eigenvalue weighted by molar-refractivity contribution is 6.33. The summed E-state index contributed by atoms with van der Waals surface area (Å²) in [5.41, 5.74) is 0.275. The number of rotatable bonds is 2. The van der Waals surface area contributed by atoms with Crippen LogP contribution in [0.1, 0.15) is 10.4 Å². The van der Waals surface area contributed by atoms with E-state index in [1.807, 2.05) is 0 Å². The molecule has 0 bridgehead atoms. The third-order valence-electron chi connectivity index (χ3n) is 1.02. The highest BCUT2D eigenvalue weighted by atomic mass is 16.2. The Labute approximate surface area is 57.7 Å². The van der Waals surface area contributed by atoms with Gasteiger partial charge in [-0.25, -0.2) is 0 Å². The minimum Gasteiger partial charge on any atom is -0.285 e. The lowest BCUT2D eigenvalue weighted by Gasteiger charge is -1.87. The lowest BCUT2D eigenvalue weighted by molar-refractivity contribution is 0.106. The third-order valence-corrected chi connectivity index (χ3v) is 1.02. The molecule has 0 aliphatic carbocycles. The molecule has 0 unspecified atom stereocenters. The van der Waals surface area contributed by atoms with Crippen molar-refractivity contribution < 1.29 is 9.59 Å². The smallest absolute Gasteiger partial charge is 0.277 e. The van der Waals surface area contributed by atoms with Crippen LogP contribution >= 0.6 is 0 Å². The van der Waals surface area contributed by atoms with Gasteiger partial charge in [0.1, 0.15) is 0 Å². The van der Waals surface area contributed by atoms with Crippen molar-refractivity contribution in [3.05, 3.63) is 30.1 Å². The first-order valence-electron chi connectivity index (χ1n) is 2.67. The molecule has 0 aliphatic heterocycles. The van der Waals surface area contributed by atoms with Crippen molar-refractivity contribution in [3.8, 4) is 0 Å². The topological polar surface area (TPSA) is 47.0 Å². The molecule has 1 aromatic rings. The summed E-state index contributed by atoms with van der Waals surface area (Å²) in [5, 5.41) is 0. The van der Waals surface area contributed by atoms with Crippen LogP contribution < -0.4 is 0 Å². The second-order valence-corrected chi connectivity index (χ2v) is 1.67. The van der Waals surface area contributed by atoms with E-state index in [1.165, 1.54) is 24.7 Å². The summed E-state index contributed by atoms with van der Waals surface area (Å²) < 4.78 is 0. The van der Waals surface area contributed by atoms with Gasteiger partial charge in [-0.2, -0.15) is 0 Å². The highest BCUT2D eigenvalue weighted by Crippen LogP contribution is 1.93. The zero-order valence-corrected chi connectivity index (χ0v) is 5.07. The quantitative estimate of drug-likeness (QED) is 0.433. The molecule has 0 saturated carbocycles. The molecule has 1 rings (SSSR count). The summed E-state index contributed by atoms with van der Waals surface area (Å²) in [7, 11) is 0. The molecule has 0 spiro atoms. The lowest BCUT2D eigenvalue weighted by atomic mass is 10.2. The van der Waals surface area contributed by atoms with Crippen LogP contribution in [-0.4, -0.2) is 17.1 Å². The van der Waals surface area contributed by atoms with E-state index >= 15 is 0 Å². The number of aromatic nitrogens is 1. The van der Waals surface area contributed by atoms with Crippen molar-refractivity contribution in [2.24, 2.45) is 0 Å². The average Bonchev–Trinajstić information content (AvgIpc) is 2.05. The molecule has 1 heterocycles. The summed E-state index contributed by atoms with van der Waals surface area (Å²) in [4.78, 5) is 24.0. The minimum absolute atomic E-state index is 0.275. The summed E-state index contributed by atoms with van der Waals surface area (Å²) in [6.07, 6.45) is 4.11. The molecule has 0 atom stereocenters. The van der Waals surface area contributed by atoms with Crippen LogP contribution in [-0.2, 0) is 4.79 Å². The molecule has 3 nitrogen and oxygen atoms in total. The van der Waals surface area contributed by atoms with Gasteiger partial charge in [0.05, 0.1) is 0 Å². The molecule has 0 amide bonds. The minimum atomic E-state index is -0.659. The van der Waals surface area contributed by atoms with Gasteiger partial charge in [0.15, 0.2) is 0 Å². The molecule has 1 aromatic heterocycles. The Hall–Kier alpha value is -1.51. The fourth-order valence-electron chi connectivity index (χ4n) is 0.556. The first-order chi connectivity index (χ1) is 4.84. The van der Waals surface area contributed by atoms with Crippen molar-refractivity contribution in [2.75, 3.05) is 0 Å². The van der Waals surface area contributed by atoms with E-state index in [2.05, 4.69) is 4.98 Å². The Balaban J connectivity index is 2.95. The summed E-state index contributed by atoms with van der Waals surface area (Å²) >= 11 is 0. The number of carbonyl (C=O) groups excluding carboxylic acids is 2. The van der Waals surface area contributed by atoms with Crippen molar-refractivity contribution in [1.82, 2.24) is 4.98 Å². The van der Waals surface area contributed by atoms with Gasteiger partial charge in [0.25, 0.3) is 6.29 Å². The van der Waals surface area contributed by atoms with E-state index in [-0.39, 0.29) is 5.56 Å². The van der Waals surface area contributed by atoms with E-state index in [4.69, 9.17) is 0 Å². The van der Waals surface area contributed by atoms with Gasteiger partial charge < -0.3 is 0 Å². The molecule has 0 saturated heterocycles. The lowest BCUT2D eigenvalue weighted by Crippen LogP contribution is -1.98. The number of nitrogens with zero attached hydrogens (tertiary/aromatic N) is 1. The van der Waals surface area contributed by atoms with Gasteiger partial charge in [0.2, 0.25) is 5.78 Å². The molecule has 1 radical (unpaired) electrons. The van der Waals surface area contributed by atoms with Gasteiger partial charge in [-0.05, 0) is 12.1 Å². The standard InChI is InChI=1S/C7H4NO2/c9-5-7(10)6-2-1-3-8-4-6/h1-4H. The van der Waals surface area contributed by atoms with Gasteiger partial charge >= 0.3 is 0 Å². The maximum atomic E-state index is 10.5. The average molecular weight is 134 g/mol. The number of ketones is 1.